The molecule has 0 unspecified atom stereocenters. The van der Waals surface area contributed by atoms with E-state index in [-0.39, 0.29) is 5.91 Å². The number of hydrogen-bond acceptors (Lipinski definition) is 3. The Bertz CT molecular complexity index is 768. The highest BCUT2D eigenvalue weighted by molar-refractivity contribution is 5.94. The Morgan fingerprint density at radius 3 is 2.48 bits per heavy atom. The molecule has 1 amide bonds. The van der Waals surface area contributed by atoms with Crippen molar-refractivity contribution in [3.8, 4) is 11.5 Å². The molecule has 0 saturated heterocycles. The lowest BCUT2D eigenvalue weighted by atomic mass is 10.1. The third kappa shape index (κ3) is 6.31. The number of carbonyl (C=O) groups excluding carboxylic acids is 1. The zero-order valence-electron chi connectivity index (χ0n) is 17.1. The van der Waals surface area contributed by atoms with Gasteiger partial charge in [0, 0.05) is 17.7 Å². The summed E-state index contributed by atoms with van der Waals surface area (Å²) in [7, 11) is 0. The number of carbonyl (C=O) groups is 1. The number of benzene rings is 2. The van der Waals surface area contributed by atoms with Crippen molar-refractivity contribution in [2.75, 3.05) is 13.2 Å². The van der Waals surface area contributed by atoms with Crippen LogP contribution in [0.1, 0.15) is 54.2 Å². The largest absolute Gasteiger partial charge is 0.493 e. The molecular formula is C23H31NO3. The molecule has 27 heavy (non-hydrogen) atoms. The average molecular weight is 370 g/mol. The van der Waals surface area contributed by atoms with Gasteiger partial charge in [-0.05, 0) is 74.6 Å². The Kier molecular flexibility index (Phi) is 7.71. The molecule has 0 saturated carbocycles. The minimum absolute atomic E-state index is 0.0638. The van der Waals surface area contributed by atoms with E-state index in [0.717, 1.165) is 23.5 Å². The first-order valence-electron chi connectivity index (χ1n) is 9.64. The summed E-state index contributed by atoms with van der Waals surface area (Å²) in [4.78, 5) is 12.4. The maximum atomic E-state index is 12.4. The second-order valence-corrected chi connectivity index (χ2v) is 7.23. The van der Waals surface area contributed by atoms with Crippen LogP contribution in [0.15, 0.2) is 36.4 Å². The van der Waals surface area contributed by atoms with E-state index in [9.17, 15) is 4.79 Å². The number of ether oxygens (including phenoxy) is 2. The molecule has 0 aliphatic heterocycles. The number of hydrogen-bond donors (Lipinski definition) is 1. The summed E-state index contributed by atoms with van der Waals surface area (Å²) >= 11 is 0. The van der Waals surface area contributed by atoms with Crippen molar-refractivity contribution in [3.63, 3.8) is 0 Å². The van der Waals surface area contributed by atoms with Gasteiger partial charge in [0.15, 0.2) is 0 Å². The average Bonchev–Trinajstić information content (AvgIpc) is 2.63. The first-order chi connectivity index (χ1) is 12.9. The summed E-state index contributed by atoms with van der Waals surface area (Å²) in [5, 5.41) is 2.98. The van der Waals surface area contributed by atoms with E-state index in [1.165, 1.54) is 11.1 Å². The maximum Gasteiger partial charge on any atom is 0.251 e. The molecule has 4 nitrogen and oxygen atoms in total. The highest BCUT2D eigenvalue weighted by Crippen LogP contribution is 2.24. The zero-order chi connectivity index (χ0) is 19.8. The van der Waals surface area contributed by atoms with Crippen molar-refractivity contribution in [1.29, 1.82) is 0 Å². The van der Waals surface area contributed by atoms with Gasteiger partial charge in [-0.25, -0.2) is 0 Å². The molecule has 0 fully saturated rings. The Hall–Kier alpha value is -2.49. The molecule has 2 aromatic rings. The van der Waals surface area contributed by atoms with E-state index in [4.69, 9.17) is 9.47 Å². The minimum atomic E-state index is -0.0638. The summed E-state index contributed by atoms with van der Waals surface area (Å²) in [6, 6.07) is 11.5. The van der Waals surface area contributed by atoms with Gasteiger partial charge in [-0.15, -0.1) is 0 Å². The maximum absolute atomic E-state index is 12.4. The highest BCUT2D eigenvalue weighted by Gasteiger charge is 2.11. The highest BCUT2D eigenvalue weighted by atomic mass is 16.5. The van der Waals surface area contributed by atoms with Crippen molar-refractivity contribution in [1.82, 2.24) is 5.32 Å². The van der Waals surface area contributed by atoms with Crippen LogP contribution in [-0.4, -0.2) is 19.1 Å². The van der Waals surface area contributed by atoms with Crippen LogP contribution in [0, 0.1) is 19.8 Å². The lowest BCUT2D eigenvalue weighted by molar-refractivity contribution is 0.0952. The number of rotatable bonds is 9. The summed E-state index contributed by atoms with van der Waals surface area (Å²) in [6.07, 6.45) is 0.964. The van der Waals surface area contributed by atoms with Crippen LogP contribution in [0.25, 0.3) is 0 Å². The van der Waals surface area contributed by atoms with Crippen molar-refractivity contribution < 1.29 is 14.3 Å². The number of aryl methyl sites for hydroxylation is 2. The van der Waals surface area contributed by atoms with Gasteiger partial charge >= 0.3 is 0 Å². The first kappa shape index (κ1) is 20.8. The van der Waals surface area contributed by atoms with Crippen LogP contribution in [0.5, 0.6) is 11.5 Å². The topological polar surface area (TPSA) is 47.6 Å². The van der Waals surface area contributed by atoms with Gasteiger partial charge in [0.1, 0.15) is 18.1 Å². The fourth-order valence-electron chi connectivity index (χ4n) is 2.67. The molecule has 1 N–H and O–H groups in total. The normalized spacial score (nSPS) is 10.7. The lowest BCUT2D eigenvalue weighted by Crippen LogP contribution is -2.25. The van der Waals surface area contributed by atoms with Crippen molar-refractivity contribution >= 4 is 5.91 Å². The molecule has 0 aliphatic rings. The molecule has 0 bridgehead atoms. The Morgan fingerprint density at radius 1 is 1.04 bits per heavy atom. The van der Waals surface area contributed by atoms with Crippen LogP contribution in [0.4, 0.5) is 0 Å². The summed E-state index contributed by atoms with van der Waals surface area (Å²) in [5.41, 5.74) is 3.92. The van der Waals surface area contributed by atoms with Crippen molar-refractivity contribution in [2.24, 2.45) is 5.92 Å². The molecule has 0 atom stereocenters. The van der Waals surface area contributed by atoms with E-state index < -0.39 is 0 Å². The van der Waals surface area contributed by atoms with Crippen molar-refractivity contribution in [3.05, 3.63) is 58.7 Å². The molecule has 0 heterocycles. The Balaban J connectivity index is 2.11. The molecule has 0 aromatic heterocycles. The third-order valence-corrected chi connectivity index (χ3v) is 4.50. The fraction of sp³-hybridized carbons (Fsp3) is 0.435. The van der Waals surface area contributed by atoms with E-state index >= 15 is 0 Å². The summed E-state index contributed by atoms with van der Waals surface area (Å²) in [6.45, 7) is 12.0. The van der Waals surface area contributed by atoms with E-state index in [2.05, 4.69) is 33.0 Å². The van der Waals surface area contributed by atoms with Crippen LogP contribution >= 0.6 is 0 Å². The molecule has 0 aliphatic carbocycles. The van der Waals surface area contributed by atoms with E-state index in [1.807, 2.05) is 37.3 Å². The van der Waals surface area contributed by atoms with Crippen LogP contribution in [0.2, 0.25) is 0 Å². The van der Waals surface area contributed by atoms with Gasteiger partial charge in [-0.2, -0.15) is 0 Å². The number of nitrogens with one attached hydrogen (secondary N) is 1. The van der Waals surface area contributed by atoms with Crippen LogP contribution in [0.3, 0.4) is 0 Å². The van der Waals surface area contributed by atoms with E-state index in [1.54, 1.807) is 6.07 Å². The third-order valence-electron chi connectivity index (χ3n) is 4.50. The summed E-state index contributed by atoms with van der Waals surface area (Å²) < 4.78 is 11.7. The molecule has 0 radical (unpaired) electrons. The van der Waals surface area contributed by atoms with Gasteiger partial charge in [0.05, 0.1) is 6.61 Å². The van der Waals surface area contributed by atoms with Gasteiger partial charge in [0.2, 0.25) is 0 Å². The fourth-order valence-corrected chi connectivity index (χ4v) is 2.67. The lowest BCUT2D eigenvalue weighted by Gasteiger charge is -2.14. The molecule has 0 spiro atoms. The summed E-state index contributed by atoms with van der Waals surface area (Å²) in [5.74, 6) is 2.06. The molecule has 146 valence electrons. The Labute approximate surface area is 162 Å². The molecule has 4 heteroatoms. The van der Waals surface area contributed by atoms with Gasteiger partial charge in [0.25, 0.3) is 5.91 Å². The number of amides is 1. The minimum Gasteiger partial charge on any atom is -0.493 e. The van der Waals surface area contributed by atoms with Gasteiger partial charge < -0.3 is 14.8 Å². The SMILES string of the molecule is CCOc1ccc(C(=O)NCCC(C)C)cc1COc1ccc(C)c(C)c1. The zero-order valence-corrected chi connectivity index (χ0v) is 17.1. The predicted molar refractivity (Wildman–Crippen MR) is 110 cm³/mol. The Morgan fingerprint density at radius 2 is 1.81 bits per heavy atom. The van der Waals surface area contributed by atoms with Crippen molar-refractivity contribution in [2.45, 2.75) is 47.6 Å². The smallest absolute Gasteiger partial charge is 0.251 e. The van der Waals surface area contributed by atoms with E-state index in [0.29, 0.717) is 31.2 Å². The van der Waals surface area contributed by atoms with Crippen LogP contribution < -0.4 is 14.8 Å². The second-order valence-electron chi connectivity index (χ2n) is 7.23. The molecular weight excluding hydrogens is 338 g/mol. The van der Waals surface area contributed by atoms with Crippen LogP contribution in [-0.2, 0) is 6.61 Å². The molecule has 2 rings (SSSR count). The monoisotopic (exact) mass is 369 g/mol. The van der Waals surface area contributed by atoms with Gasteiger partial charge in [-0.1, -0.05) is 19.9 Å². The molecule has 2 aromatic carbocycles. The second kappa shape index (κ2) is 10.0. The first-order valence-corrected chi connectivity index (χ1v) is 9.64. The standard InChI is InChI=1S/C23H31NO3/c1-6-26-22-10-8-19(23(25)24-12-11-16(2)3)14-20(22)15-27-21-9-7-17(4)18(5)13-21/h7-10,13-14,16H,6,11-12,15H2,1-5H3,(H,24,25). The quantitative estimate of drug-likeness (QED) is 0.672. The van der Waals surface area contributed by atoms with Gasteiger partial charge in [-0.3, -0.25) is 4.79 Å². The predicted octanol–water partition coefficient (Wildman–Crippen LogP) is 5.06.